The molecule has 4 rings (SSSR count). The van der Waals surface area contributed by atoms with Crippen molar-refractivity contribution in [1.29, 1.82) is 0 Å². The van der Waals surface area contributed by atoms with Crippen LogP contribution in [0.2, 0.25) is 0 Å². The summed E-state index contributed by atoms with van der Waals surface area (Å²) in [5.41, 5.74) is 2.13. The number of H-pyrrole nitrogens is 1. The van der Waals surface area contributed by atoms with Crippen LogP contribution in [0.1, 0.15) is 10.5 Å². The minimum atomic E-state index is -0.190. The Balaban J connectivity index is 1.60. The van der Waals surface area contributed by atoms with Gasteiger partial charge in [0, 0.05) is 22.7 Å². The van der Waals surface area contributed by atoms with E-state index in [2.05, 4.69) is 10.3 Å². The molecule has 0 aliphatic carbocycles. The van der Waals surface area contributed by atoms with E-state index in [0.717, 1.165) is 10.9 Å². The second-order valence-electron chi connectivity index (χ2n) is 4.79. The van der Waals surface area contributed by atoms with E-state index in [1.165, 1.54) is 0 Å². The molecular formula is C16H12N2O3. The first-order valence-electron chi connectivity index (χ1n) is 6.58. The summed E-state index contributed by atoms with van der Waals surface area (Å²) in [6.07, 6.45) is 0. The number of benzene rings is 2. The van der Waals surface area contributed by atoms with Crippen LogP contribution >= 0.6 is 0 Å². The fourth-order valence-electron chi connectivity index (χ4n) is 2.37. The van der Waals surface area contributed by atoms with Gasteiger partial charge in [-0.2, -0.15) is 0 Å². The van der Waals surface area contributed by atoms with Crippen molar-refractivity contribution in [2.75, 3.05) is 12.1 Å². The number of aromatic amines is 1. The highest BCUT2D eigenvalue weighted by molar-refractivity contribution is 6.06. The van der Waals surface area contributed by atoms with Gasteiger partial charge in [0.05, 0.1) is 0 Å². The van der Waals surface area contributed by atoms with E-state index in [1.807, 2.05) is 30.3 Å². The van der Waals surface area contributed by atoms with Gasteiger partial charge in [-0.3, -0.25) is 4.79 Å². The topological polar surface area (TPSA) is 63.4 Å². The molecule has 0 atom stereocenters. The fourth-order valence-corrected chi connectivity index (χ4v) is 2.37. The van der Waals surface area contributed by atoms with Crippen LogP contribution in [0, 0.1) is 0 Å². The van der Waals surface area contributed by atoms with Crippen LogP contribution in [0.4, 0.5) is 5.69 Å². The lowest BCUT2D eigenvalue weighted by molar-refractivity contribution is 0.102. The number of amides is 1. The van der Waals surface area contributed by atoms with Crippen LogP contribution in [-0.2, 0) is 0 Å². The summed E-state index contributed by atoms with van der Waals surface area (Å²) < 4.78 is 10.5. The molecule has 104 valence electrons. The second kappa shape index (κ2) is 4.56. The Hall–Kier alpha value is -2.95. The highest BCUT2D eigenvalue weighted by Crippen LogP contribution is 2.34. The Labute approximate surface area is 120 Å². The largest absolute Gasteiger partial charge is 0.454 e. The molecule has 5 heteroatoms. The van der Waals surface area contributed by atoms with Crippen LogP contribution in [0.15, 0.2) is 48.5 Å². The standard InChI is InChI=1S/C16H12N2O3/c19-16(13-7-10-3-1-2-4-12(10)18-13)17-11-5-6-14-15(8-11)21-9-20-14/h1-8,18H,9H2,(H,17,19). The van der Waals surface area contributed by atoms with Gasteiger partial charge in [-0.1, -0.05) is 18.2 Å². The van der Waals surface area contributed by atoms with E-state index in [0.29, 0.717) is 22.9 Å². The Bertz CT molecular complexity index is 805. The van der Waals surface area contributed by atoms with E-state index < -0.39 is 0 Å². The zero-order chi connectivity index (χ0) is 14.2. The van der Waals surface area contributed by atoms with Crippen molar-refractivity contribution in [1.82, 2.24) is 4.98 Å². The molecule has 2 aromatic carbocycles. The van der Waals surface area contributed by atoms with Crippen molar-refractivity contribution < 1.29 is 14.3 Å². The Morgan fingerprint density at radius 2 is 1.90 bits per heavy atom. The zero-order valence-electron chi connectivity index (χ0n) is 11.1. The van der Waals surface area contributed by atoms with Crippen molar-refractivity contribution in [3.8, 4) is 11.5 Å². The molecule has 0 saturated heterocycles. The molecule has 1 aliphatic heterocycles. The number of aromatic nitrogens is 1. The molecular weight excluding hydrogens is 268 g/mol. The number of hydrogen-bond donors (Lipinski definition) is 2. The molecule has 0 spiro atoms. The molecule has 1 aromatic heterocycles. The van der Waals surface area contributed by atoms with Crippen molar-refractivity contribution >= 4 is 22.5 Å². The van der Waals surface area contributed by atoms with E-state index >= 15 is 0 Å². The van der Waals surface area contributed by atoms with E-state index in [9.17, 15) is 4.79 Å². The predicted molar refractivity (Wildman–Crippen MR) is 78.8 cm³/mol. The molecule has 3 aromatic rings. The normalized spacial score (nSPS) is 12.6. The first-order valence-corrected chi connectivity index (χ1v) is 6.58. The quantitative estimate of drug-likeness (QED) is 0.758. The highest BCUT2D eigenvalue weighted by Gasteiger charge is 2.15. The fraction of sp³-hybridized carbons (Fsp3) is 0.0625. The summed E-state index contributed by atoms with van der Waals surface area (Å²) in [7, 11) is 0. The van der Waals surface area contributed by atoms with E-state index in [-0.39, 0.29) is 12.7 Å². The Morgan fingerprint density at radius 3 is 2.81 bits per heavy atom. The lowest BCUT2D eigenvalue weighted by Gasteiger charge is -2.04. The van der Waals surface area contributed by atoms with Gasteiger partial charge in [-0.25, -0.2) is 0 Å². The number of nitrogens with one attached hydrogen (secondary N) is 2. The molecule has 5 nitrogen and oxygen atoms in total. The van der Waals surface area contributed by atoms with Crippen LogP contribution in [0.5, 0.6) is 11.5 Å². The third kappa shape index (κ3) is 2.08. The highest BCUT2D eigenvalue weighted by atomic mass is 16.7. The van der Waals surface area contributed by atoms with Gasteiger partial charge in [0.15, 0.2) is 11.5 Å². The molecule has 0 bridgehead atoms. The molecule has 0 unspecified atom stereocenters. The van der Waals surface area contributed by atoms with Crippen LogP contribution in [0.25, 0.3) is 10.9 Å². The summed E-state index contributed by atoms with van der Waals surface area (Å²) in [5.74, 6) is 1.15. The average Bonchev–Trinajstić information content (AvgIpc) is 3.13. The van der Waals surface area contributed by atoms with Crippen LogP contribution < -0.4 is 14.8 Å². The van der Waals surface area contributed by atoms with E-state index in [1.54, 1.807) is 18.2 Å². The van der Waals surface area contributed by atoms with Gasteiger partial charge in [-0.15, -0.1) is 0 Å². The lowest BCUT2D eigenvalue weighted by Crippen LogP contribution is -2.12. The minimum absolute atomic E-state index is 0.190. The maximum atomic E-state index is 12.3. The van der Waals surface area contributed by atoms with Crippen molar-refractivity contribution in [2.45, 2.75) is 0 Å². The van der Waals surface area contributed by atoms with Gasteiger partial charge >= 0.3 is 0 Å². The monoisotopic (exact) mass is 280 g/mol. The summed E-state index contributed by atoms with van der Waals surface area (Å²) in [4.78, 5) is 15.4. The smallest absolute Gasteiger partial charge is 0.272 e. The molecule has 1 amide bonds. The summed E-state index contributed by atoms with van der Waals surface area (Å²) in [6.45, 7) is 0.217. The van der Waals surface area contributed by atoms with Crippen molar-refractivity contribution in [2.24, 2.45) is 0 Å². The number of para-hydroxylation sites is 1. The van der Waals surface area contributed by atoms with Gasteiger partial charge < -0.3 is 19.8 Å². The van der Waals surface area contributed by atoms with Crippen LogP contribution in [0.3, 0.4) is 0 Å². The van der Waals surface area contributed by atoms with Crippen LogP contribution in [-0.4, -0.2) is 17.7 Å². The summed E-state index contributed by atoms with van der Waals surface area (Å²) in [6, 6.07) is 14.9. The number of ether oxygens (including phenoxy) is 2. The molecule has 21 heavy (non-hydrogen) atoms. The van der Waals surface area contributed by atoms with E-state index in [4.69, 9.17) is 9.47 Å². The molecule has 0 fully saturated rings. The Morgan fingerprint density at radius 1 is 1.05 bits per heavy atom. The Kier molecular flexibility index (Phi) is 2.57. The number of anilines is 1. The first-order chi connectivity index (χ1) is 10.3. The number of fused-ring (bicyclic) bond motifs is 2. The third-order valence-electron chi connectivity index (χ3n) is 3.41. The van der Waals surface area contributed by atoms with Gasteiger partial charge in [0.1, 0.15) is 5.69 Å². The third-order valence-corrected chi connectivity index (χ3v) is 3.41. The maximum Gasteiger partial charge on any atom is 0.272 e. The molecule has 1 aliphatic rings. The van der Waals surface area contributed by atoms with Gasteiger partial charge in [0.25, 0.3) is 5.91 Å². The number of carbonyl (C=O) groups excluding carboxylic acids is 1. The van der Waals surface area contributed by atoms with Crippen molar-refractivity contribution in [3.05, 3.63) is 54.2 Å². The zero-order valence-corrected chi connectivity index (χ0v) is 11.1. The molecule has 0 radical (unpaired) electrons. The maximum absolute atomic E-state index is 12.3. The number of rotatable bonds is 2. The molecule has 2 N–H and O–H groups in total. The SMILES string of the molecule is O=C(Nc1ccc2c(c1)OCO2)c1cc2ccccc2[nH]1. The number of hydrogen-bond acceptors (Lipinski definition) is 3. The summed E-state index contributed by atoms with van der Waals surface area (Å²) in [5, 5.41) is 3.85. The van der Waals surface area contributed by atoms with Gasteiger partial charge in [0.2, 0.25) is 6.79 Å². The average molecular weight is 280 g/mol. The molecule has 2 heterocycles. The predicted octanol–water partition coefficient (Wildman–Crippen LogP) is 3.15. The van der Waals surface area contributed by atoms with Crippen molar-refractivity contribution in [3.63, 3.8) is 0 Å². The minimum Gasteiger partial charge on any atom is -0.454 e. The molecule has 0 saturated carbocycles. The summed E-state index contributed by atoms with van der Waals surface area (Å²) >= 11 is 0. The second-order valence-corrected chi connectivity index (χ2v) is 4.79. The number of carbonyl (C=O) groups is 1. The lowest BCUT2D eigenvalue weighted by atomic mass is 10.2. The first kappa shape index (κ1) is 11.8. The van der Waals surface area contributed by atoms with Gasteiger partial charge in [-0.05, 0) is 24.3 Å².